The molecular formula is C18H14ClNO3. The molecule has 0 fully saturated rings. The Morgan fingerprint density at radius 2 is 1.83 bits per heavy atom. The van der Waals surface area contributed by atoms with Gasteiger partial charge in [-0.05, 0) is 41.5 Å². The van der Waals surface area contributed by atoms with Crippen LogP contribution in [0.25, 0.3) is 6.08 Å². The number of carbonyl (C=O) groups is 1. The topological polar surface area (TPSA) is 47.9 Å². The summed E-state index contributed by atoms with van der Waals surface area (Å²) < 4.78 is 10.3. The molecule has 5 heteroatoms. The fourth-order valence-corrected chi connectivity index (χ4v) is 2.29. The van der Waals surface area contributed by atoms with Crippen LogP contribution in [0.4, 0.5) is 0 Å². The van der Waals surface area contributed by atoms with E-state index in [2.05, 4.69) is 4.99 Å². The van der Waals surface area contributed by atoms with Crippen molar-refractivity contribution < 1.29 is 14.3 Å². The van der Waals surface area contributed by atoms with Crippen molar-refractivity contribution in [2.45, 2.75) is 6.42 Å². The van der Waals surface area contributed by atoms with Gasteiger partial charge in [-0.1, -0.05) is 35.9 Å². The molecule has 2 aromatic carbocycles. The molecule has 1 aliphatic rings. The number of aliphatic imine (C=N–C) groups is 1. The van der Waals surface area contributed by atoms with E-state index in [9.17, 15) is 4.79 Å². The van der Waals surface area contributed by atoms with Crippen molar-refractivity contribution in [1.29, 1.82) is 0 Å². The smallest absolute Gasteiger partial charge is 0.363 e. The van der Waals surface area contributed by atoms with Crippen LogP contribution in [-0.2, 0) is 16.0 Å². The lowest BCUT2D eigenvalue weighted by Crippen LogP contribution is -2.06. The highest BCUT2D eigenvalue weighted by atomic mass is 35.5. The Hall–Kier alpha value is -2.59. The standard InChI is InChI=1S/C18H14ClNO3/c1-22-15-8-4-12(5-9-15)10-16-18(21)23-17(20-16)11-13-2-6-14(19)7-3-13/h2-10H,11H2,1H3/b16-10+. The number of carbonyl (C=O) groups excluding carboxylic acids is 1. The Balaban J connectivity index is 1.77. The first-order valence-electron chi connectivity index (χ1n) is 7.04. The molecule has 0 spiro atoms. The largest absolute Gasteiger partial charge is 0.497 e. The highest BCUT2D eigenvalue weighted by molar-refractivity contribution is 6.30. The van der Waals surface area contributed by atoms with Gasteiger partial charge in [-0.25, -0.2) is 9.79 Å². The van der Waals surface area contributed by atoms with E-state index in [1.165, 1.54) is 0 Å². The van der Waals surface area contributed by atoms with E-state index in [1.54, 1.807) is 25.3 Å². The molecule has 0 atom stereocenters. The number of hydrogen-bond donors (Lipinski definition) is 0. The third kappa shape index (κ3) is 3.79. The highest BCUT2D eigenvalue weighted by Gasteiger charge is 2.22. The lowest BCUT2D eigenvalue weighted by atomic mass is 10.1. The first kappa shape index (κ1) is 15.3. The summed E-state index contributed by atoms with van der Waals surface area (Å²) in [4.78, 5) is 16.2. The van der Waals surface area contributed by atoms with E-state index < -0.39 is 5.97 Å². The number of rotatable bonds is 4. The summed E-state index contributed by atoms with van der Waals surface area (Å²) in [5.74, 6) is 0.704. The number of esters is 1. The zero-order valence-corrected chi connectivity index (χ0v) is 13.2. The third-order valence-electron chi connectivity index (χ3n) is 3.35. The van der Waals surface area contributed by atoms with E-state index in [0.29, 0.717) is 23.0 Å². The van der Waals surface area contributed by atoms with Crippen molar-refractivity contribution in [3.05, 3.63) is 70.4 Å². The number of ether oxygens (including phenoxy) is 2. The van der Waals surface area contributed by atoms with Gasteiger partial charge in [0.15, 0.2) is 5.70 Å². The molecule has 0 bridgehead atoms. The van der Waals surface area contributed by atoms with Gasteiger partial charge < -0.3 is 9.47 Å². The van der Waals surface area contributed by atoms with Crippen molar-refractivity contribution in [2.75, 3.05) is 7.11 Å². The van der Waals surface area contributed by atoms with Crippen molar-refractivity contribution >= 4 is 29.5 Å². The van der Waals surface area contributed by atoms with Crippen LogP contribution in [0.5, 0.6) is 5.75 Å². The molecule has 0 aromatic heterocycles. The molecule has 1 aliphatic heterocycles. The number of benzene rings is 2. The first-order chi connectivity index (χ1) is 11.1. The van der Waals surface area contributed by atoms with E-state index >= 15 is 0 Å². The zero-order chi connectivity index (χ0) is 16.2. The minimum atomic E-state index is -0.440. The van der Waals surface area contributed by atoms with Crippen LogP contribution in [0.2, 0.25) is 5.02 Å². The van der Waals surface area contributed by atoms with E-state index in [4.69, 9.17) is 21.1 Å². The maximum atomic E-state index is 11.9. The van der Waals surface area contributed by atoms with E-state index in [0.717, 1.165) is 16.9 Å². The highest BCUT2D eigenvalue weighted by Crippen LogP contribution is 2.20. The molecular weight excluding hydrogens is 314 g/mol. The zero-order valence-electron chi connectivity index (χ0n) is 12.5. The summed E-state index contributed by atoms with van der Waals surface area (Å²) >= 11 is 5.85. The lowest BCUT2D eigenvalue weighted by molar-refractivity contribution is -0.130. The summed E-state index contributed by atoms with van der Waals surface area (Å²) in [5, 5.41) is 0.666. The number of halogens is 1. The minimum Gasteiger partial charge on any atom is -0.497 e. The minimum absolute atomic E-state index is 0.291. The van der Waals surface area contributed by atoms with Gasteiger partial charge in [-0.3, -0.25) is 0 Å². The van der Waals surface area contributed by atoms with Gasteiger partial charge in [0.1, 0.15) is 5.75 Å². The molecule has 0 saturated heterocycles. The number of methoxy groups -OCH3 is 1. The second kappa shape index (κ2) is 6.67. The van der Waals surface area contributed by atoms with Crippen molar-refractivity contribution in [2.24, 2.45) is 4.99 Å². The predicted octanol–water partition coefficient (Wildman–Crippen LogP) is 3.89. The van der Waals surface area contributed by atoms with Crippen LogP contribution in [0.1, 0.15) is 11.1 Å². The molecule has 0 amide bonds. The predicted molar refractivity (Wildman–Crippen MR) is 89.7 cm³/mol. The van der Waals surface area contributed by atoms with Crippen LogP contribution >= 0.6 is 11.6 Å². The van der Waals surface area contributed by atoms with Crippen LogP contribution in [0, 0.1) is 0 Å². The van der Waals surface area contributed by atoms with Gasteiger partial charge in [0, 0.05) is 11.4 Å². The summed E-state index contributed by atoms with van der Waals surface area (Å²) in [5.41, 5.74) is 2.13. The monoisotopic (exact) mass is 327 g/mol. The first-order valence-corrected chi connectivity index (χ1v) is 7.42. The molecule has 116 valence electrons. The molecule has 1 heterocycles. The fourth-order valence-electron chi connectivity index (χ4n) is 2.16. The van der Waals surface area contributed by atoms with E-state index in [-0.39, 0.29) is 0 Å². The van der Waals surface area contributed by atoms with Gasteiger partial charge >= 0.3 is 5.97 Å². The second-order valence-electron chi connectivity index (χ2n) is 5.00. The molecule has 0 aliphatic carbocycles. The van der Waals surface area contributed by atoms with Gasteiger partial charge in [0.25, 0.3) is 0 Å². The van der Waals surface area contributed by atoms with Crippen LogP contribution < -0.4 is 4.74 Å². The molecule has 0 saturated carbocycles. The van der Waals surface area contributed by atoms with Crippen molar-refractivity contribution in [3.63, 3.8) is 0 Å². The molecule has 4 nitrogen and oxygen atoms in total. The van der Waals surface area contributed by atoms with E-state index in [1.807, 2.05) is 36.4 Å². The average molecular weight is 328 g/mol. The fraction of sp³-hybridized carbons (Fsp3) is 0.111. The van der Waals surface area contributed by atoms with Gasteiger partial charge in [0.2, 0.25) is 5.90 Å². The molecule has 0 N–H and O–H groups in total. The van der Waals surface area contributed by atoms with Gasteiger partial charge in [-0.15, -0.1) is 0 Å². The van der Waals surface area contributed by atoms with Gasteiger partial charge in [0.05, 0.1) is 7.11 Å². The molecule has 23 heavy (non-hydrogen) atoms. The lowest BCUT2D eigenvalue weighted by Gasteiger charge is -2.00. The maximum absolute atomic E-state index is 11.9. The maximum Gasteiger partial charge on any atom is 0.363 e. The second-order valence-corrected chi connectivity index (χ2v) is 5.44. The Bertz CT molecular complexity index is 777. The SMILES string of the molecule is COc1ccc(/C=C2/N=C(Cc3ccc(Cl)cc3)OC2=O)cc1. The summed E-state index contributed by atoms with van der Waals surface area (Å²) in [6.45, 7) is 0. The number of nitrogens with zero attached hydrogens (tertiary/aromatic N) is 1. The van der Waals surface area contributed by atoms with Crippen LogP contribution in [-0.4, -0.2) is 19.0 Å². The quantitative estimate of drug-likeness (QED) is 0.632. The Morgan fingerprint density at radius 1 is 1.13 bits per heavy atom. The Morgan fingerprint density at radius 3 is 2.48 bits per heavy atom. The summed E-state index contributed by atoms with van der Waals surface area (Å²) in [6.07, 6.45) is 2.14. The number of cyclic esters (lactones) is 1. The summed E-state index contributed by atoms with van der Waals surface area (Å²) in [7, 11) is 1.61. The molecule has 0 radical (unpaired) electrons. The molecule has 2 aromatic rings. The molecule has 3 rings (SSSR count). The van der Waals surface area contributed by atoms with Crippen molar-refractivity contribution in [3.8, 4) is 5.75 Å². The average Bonchev–Trinajstić information content (AvgIpc) is 2.90. The van der Waals surface area contributed by atoms with Crippen LogP contribution in [0.15, 0.2) is 59.2 Å². The Kier molecular flexibility index (Phi) is 4.44. The summed E-state index contributed by atoms with van der Waals surface area (Å²) in [6, 6.07) is 14.7. The Labute approximate surface area is 139 Å². The molecule has 0 unspecified atom stereocenters. The van der Waals surface area contributed by atoms with Gasteiger partial charge in [-0.2, -0.15) is 0 Å². The van der Waals surface area contributed by atoms with Crippen molar-refractivity contribution in [1.82, 2.24) is 0 Å². The number of hydrogen-bond acceptors (Lipinski definition) is 4. The normalized spacial score (nSPS) is 15.5. The third-order valence-corrected chi connectivity index (χ3v) is 3.60. The van der Waals surface area contributed by atoms with Crippen LogP contribution in [0.3, 0.4) is 0 Å².